The van der Waals surface area contributed by atoms with Crippen molar-refractivity contribution in [2.45, 2.75) is 46.1 Å². The number of thiazole rings is 1. The second-order valence-electron chi connectivity index (χ2n) is 4.97. The van der Waals surface area contributed by atoms with Crippen LogP contribution in [0.1, 0.15) is 36.8 Å². The lowest BCUT2D eigenvalue weighted by Crippen LogP contribution is -2.40. The number of aryl methyl sites for hydroxylation is 2. The van der Waals surface area contributed by atoms with Crippen LogP contribution >= 0.6 is 11.3 Å². The summed E-state index contributed by atoms with van der Waals surface area (Å²) in [5, 5.41) is 13.5. The summed E-state index contributed by atoms with van der Waals surface area (Å²) in [7, 11) is 0. The van der Waals surface area contributed by atoms with Crippen LogP contribution in [0.25, 0.3) is 0 Å². The van der Waals surface area contributed by atoms with E-state index in [0.717, 1.165) is 30.1 Å². The van der Waals surface area contributed by atoms with Gasteiger partial charge in [0, 0.05) is 10.9 Å². The molecule has 0 aromatic carbocycles. The molecule has 1 aromatic rings. The maximum Gasteiger partial charge on any atom is 0.311 e. The molecule has 2 rings (SSSR count). The van der Waals surface area contributed by atoms with E-state index in [4.69, 9.17) is 0 Å². The smallest absolute Gasteiger partial charge is 0.311 e. The van der Waals surface area contributed by atoms with Crippen molar-refractivity contribution in [1.29, 1.82) is 0 Å². The van der Waals surface area contributed by atoms with E-state index in [0.29, 0.717) is 0 Å². The van der Waals surface area contributed by atoms with Gasteiger partial charge in [-0.25, -0.2) is 4.98 Å². The zero-order valence-corrected chi connectivity index (χ0v) is 11.2. The minimum absolute atomic E-state index is 0.00931. The summed E-state index contributed by atoms with van der Waals surface area (Å²) in [6.07, 6.45) is 2.60. The number of nitrogens with zero attached hydrogens (tertiary/aromatic N) is 1. The van der Waals surface area contributed by atoms with Crippen molar-refractivity contribution in [3.8, 4) is 0 Å². The number of hydrogen-bond acceptors (Lipinski definition) is 4. The summed E-state index contributed by atoms with van der Waals surface area (Å²) in [5.74, 6) is -0.711. The number of carboxylic acid groups (broad SMARTS) is 1. The molecule has 0 spiro atoms. The molecule has 2 N–H and O–H groups in total. The highest BCUT2D eigenvalue weighted by Gasteiger charge is 2.45. The van der Waals surface area contributed by atoms with Gasteiger partial charge >= 0.3 is 5.97 Å². The van der Waals surface area contributed by atoms with Gasteiger partial charge in [-0.15, -0.1) is 11.3 Å². The molecule has 1 heterocycles. The van der Waals surface area contributed by atoms with Crippen LogP contribution in [0.4, 0.5) is 5.13 Å². The Morgan fingerprint density at radius 3 is 2.82 bits per heavy atom. The van der Waals surface area contributed by atoms with Gasteiger partial charge in [-0.1, -0.05) is 6.42 Å². The summed E-state index contributed by atoms with van der Waals surface area (Å²) < 4.78 is 0. The third kappa shape index (κ3) is 2.16. The van der Waals surface area contributed by atoms with E-state index in [1.165, 1.54) is 4.88 Å². The monoisotopic (exact) mass is 254 g/mol. The quantitative estimate of drug-likeness (QED) is 0.870. The van der Waals surface area contributed by atoms with E-state index in [-0.39, 0.29) is 6.04 Å². The Kier molecular flexibility index (Phi) is 3.12. The third-order valence-corrected chi connectivity index (χ3v) is 4.78. The molecule has 0 saturated heterocycles. The lowest BCUT2D eigenvalue weighted by atomic mass is 9.85. The van der Waals surface area contributed by atoms with Crippen LogP contribution in [0.2, 0.25) is 0 Å². The van der Waals surface area contributed by atoms with Crippen molar-refractivity contribution >= 4 is 22.4 Å². The van der Waals surface area contributed by atoms with E-state index >= 15 is 0 Å². The van der Waals surface area contributed by atoms with Crippen LogP contribution in [-0.4, -0.2) is 22.1 Å². The molecule has 1 fully saturated rings. The van der Waals surface area contributed by atoms with Gasteiger partial charge < -0.3 is 10.4 Å². The molecule has 1 saturated carbocycles. The van der Waals surface area contributed by atoms with Gasteiger partial charge in [0.25, 0.3) is 0 Å². The Morgan fingerprint density at radius 2 is 2.29 bits per heavy atom. The fourth-order valence-corrected chi connectivity index (χ4v) is 3.20. The number of aliphatic carboxylic acids is 1. The topological polar surface area (TPSA) is 62.2 Å². The van der Waals surface area contributed by atoms with E-state index in [1.807, 2.05) is 20.8 Å². The van der Waals surface area contributed by atoms with Crippen LogP contribution in [0.3, 0.4) is 0 Å². The second-order valence-corrected chi connectivity index (χ2v) is 6.18. The van der Waals surface area contributed by atoms with E-state index in [2.05, 4.69) is 10.3 Å². The fraction of sp³-hybridized carbons (Fsp3) is 0.667. The summed E-state index contributed by atoms with van der Waals surface area (Å²) in [6.45, 7) is 5.83. The molecule has 1 aliphatic rings. The summed E-state index contributed by atoms with van der Waals surface area (Å²) in [5.41, 5.74) is 0.362. The Hall–Kier alpha value is -1.10. The largest absolute Gasteiger partial charge is 0.481 e. The van der Waals surface area contributed by atoms with Crippen LogP contribution in [0.15, 0.2) is 0 Å². The van der Waals surface area contributed by atoms with Crippen molar-refractivity contribution < 1.29 is 9.90 Å². The molecule has 1 aliphatic carbocycles. The van der Waals surface area contributed by atoms with Crippen LogP contribution < -0.4 is 5.32 Å². The minimum atomic E-state index is -0.711. The molecule has 0 bridgehead atoms. The predicted octanol–water partition coefficient (Wildman–Crippen LogP) is 2.82. The molecule has 0 radical (unpaired) electrons. The lowest BCUT2D eigenvalue weighted by Gasteiger charge is -2.27. The standard InChI is InChI=1S/C12H18N2O2S/c1-7-8(2)17-11(13-7)14-9-5-4-6-12(9,3)10(15)16/h9H,4-6H2,1-3H3,(H,13,14)(H,15,16). The first kappa shape index (κ1) is 12.4. The van der Waals surface area contributed by atoms with Crippen molar-refractivity contribution in [2.75, 3.05) is 5.32 Å². The van der Waals surface area contributed by atoms with Crippen molar-refractivity contribution in [2.24, 2.45) is 5.41 Å². The van der Waals surface area contributed by atoms with Crippen LogP contribution in [-0.2, 0) is 4.79 Å². The normalized spacial score (nSPS) is 28.3. The second kappa shape index (κ2) is 4.29. The van der Waals surface area contributed by atoms with Crippen molar-refractivity contribution in [1.82, 2.24) is 4.98 Å². The highest BCUT2D eigenvalue weighted by Crippen LogP contribution is 2.40. The lowest BCUT2D eigenvalue weighted by molar-refractivity contribution is -0.147. The third-order valence-electron chi connectivity index (χ3n) is 3.77. The van der Waals surface area contributed by atoms with Crippen LogP contribution in [0, 0.1) is 19.3 Å². The molecule has 94 valence electrons. The van der Waals surface area contributed by atoms with E-state index < -0.39 is 11.4 Å². The number of rotatable bonds is 3. The van der Waals surface area contributed by atoms with Gasteiger partial charge in [0.2, 0.25) is 0 Å². The molecule has 5 heteroatoms. The first-order valence-corrected chi connectivity index (χ1v) is 6.69. The Balaban J connectivity index is 2.16. The number of anilines is 1. The molecule has 4 nitrogen and oxygen atoms in total. The Bertz CT molecular complexity index is 424. The first-order chi connectivity index (χ1) is 7.93. The summed E-state index contributed by atoms with van der Waals surface area (Å²) in [6, 6.07) is -0.00931. The molecular weight excluding hydrogens is 236 g/mol. The van der Waals surface area contributed by atoms with Gasteiger partial charge in [-0.2, -0.15) is 0 Å². The molecule has 0 aliphatic heterocycles. The van der Waals surface area contributed by atoms with Gasteiger partial charge in [0.05, 0.1) is 11.1 Å². The predicted molar refractivity (Wildman–Crippen MR) is 68.6 cm³/mol. The molecular formula is C12H18N2O2S. The van der Waals surface area contributed by atoms with E-state index in [1.54, 1.807) is 11.3 Å². The number of nitrogens with one attached hydrogen (secondary N) is 1. The molecule has 0 amide bonds. The molecule has 1 aromatic heterocycles. The number of hydrogen-bond donors (Lipinski definition) is 2. The zero-order valence-electron chi connectivity index (χ0n) is 10.4. The molecule has 2 atom stereocenters. The summed E-state index contributed by atoms with van der Waals surface area (Å²) >= 11 is 1.60. The number of carbonyl (C=O) groups is 1. The number of carboxylic acids is 1. The number of aromatic nitrogens is 1. The first-order valence-electron chi connectivity index (χ1n) is 5.87. The highest BCUT2D eigenvalue weighted by molar-refractivity contribution is 7.15. The Labute approximate surface area is 105 Å². The van der Waals surface area contributed by atoms with Crippen molar-refractivity contribution in [3.63, 3.8) is 0 Å². The fourth-order valence-electron chi connectivity index (χ4n) is 2.34. The average molecular weight is 254 g/mol. The van der Waals surface area contributed by atoms with Gasteiger partial charge in [0.1, 0.15) is 0 Å². The van der Waals surface area contributed by atoms with Gasteiger partial charge in [-0.3, -0.25) is 4.79 Å². The average Bonchev–Trinajstić information content (AvgIpc) is 2.74. The SMILES string of the molecule is Cc1nc(NC2CCCC2(C)C(=O)O)sc1C. The van der Waals surface area contributed by atoms with Crippen molar-refractivity contribution in [3.05, 3.63) is 10.6 Å². The minimum Gasteiger partial charge on any atom is -0.481 e. The zero-order chi connectivity index (χ0) is 12.6. The highest BCUT2D eigenvalue weighted by atomic mass is 32.1. The maximum absolute atomic E-state index is 11.3. The molecule has 2 unspecified atom stereocenters. The molecule has 17 heavy (non-hydrogen) atoms. The van der Waals surface area contributed by atoms with Crippen LogP contribution in [0.5, 0.6) is 0 Å². The van der Waals surface area contributed by atoms with Gasteiger partial charge in [-0.05, 0) is 33.6 Å². The summed E-state index contributed by atoms with van der Waals surface area (Å²) in [4.78, 5) is 16.9. The van der Waals surface area contributed by atoms with Gasteiger partial charge in [0.15, 0.2) is 5.13 Å². The Morgan fingerprint density at radius 1 is 1.59 bits per heavy atom. The maximum atomic E-state index is 11.3. The van der Waals surface area contributed by atoms with E-state index in [9.17, 15) is 9.90 Å².